The Morgan fingerprint density at radius 2 is 2.00 bits per heavy atom. The molecule has 1 aromatic carbocycles. The van der Waals surface area contributed by atoms with Gasteiger partial charge in [-0.1, -0.05) is 35.0 Å². The number of carbonyl (C=O) groups is 1. The average Bonchev–Trinajstić information content (AvgIpc) is 3.12. The van der Waals surface area contributed by atoms with Crippen molar-refractivity contribution in [3.63, 3.8) is 0 Å². The number of rotatable bonds is 5. The highest BCUT2D eigenvalue weighted by Crippen LogP contribution is 2.50. The molecule has 29 heavy (non-hydrogen) atoms. The summed E-state index contributed by atoms with van der Waals surface area (Å²) in [5.41, 5.74) is 0.680. The minimum atomic E-state index is -0.366. The summed E-state index contributed by atoms with van der Waals surface area (Å²) in [5, 5.41) is 6.76. The summed E-state index contributed by atoms with van der Waals surface area (Å²) in [4.78, 5) is 23.0. The minimum Gasteiger partial charge on any atom is -0.339 e. The van der Waals surface area contributed by atoms with Crippen molar-refractivity contribution >= 4 is 28.8 Å². The van der Waals surface area contributed by atoms with Crippen LogP contribution >= 0.6 is 22.9 Å². The van der Waals surface area contributed by atoms with Gasteiger partial charge in [-0.3, -0.25) is 9.69 Å². The number of nitrogens with zero attached hydrogens (tertiary/aromatic N) is 4. The maximum absolute atomic E-state index is 13.2. The van der Waals surface area contributed by atoms with Gasteiger partial charge in [-0.25, -0.2) is 0 Å². The number of amides is 1. The molecule has 2 aliphatic rings. The molecule has 0 unspecified atom stereocenters. The predicted molar refractivity (Wildman–Crippen MR) is 112 cm³/mol. The maximum atomic E-state index is 13.2. The molecule has 0 spiro atoms. The highest BCUT2D eigenvalue weighted by Gasteiger charge is 2.53. The lowest BCUT2D eigenvalue weighted by Crippen LogP contribution is -2.51. The molecule has 0 radical (unpaired) electrons. The fourth-order valence-corrected chi connectivity index (χ4v) is 4.80. The fourth-order valence-electron chi connectivity index (χ4n) is 3.97. The van der Waals surface area contributed by atoms with E-state index in [2.05, 4.69) is 15.0 Å². The first-order valence-electron chi connectivity index (χ1n) is 9.78. The lowest BCUT2D eigenvalue weighted by atomic mass is 9.94. The van der Waals surface area contributed by atoms with Crippen LogP contribution in [-0.4, -0.2) is 52.0 Å². The van der Waals surface area contributed by atoms with Crippen molar-refractivity contribution in [1.29, 1.82) is 0 Å². The lowest BCUT2D eigenvalue weighted by molar-refractivity contribution is -0.135. The Bertz CT molecular complexity index is 1010. The summed E-state index contributed by atoms with van der Waals surface area (Å²) in [6.07, 6.45) is 1.81. The summed E-state index contributed by atoms with van der Waals surface area (Å²) in [6, 6.07) is 11.7. The van der Waals surface area contributed by atoms with E-state index in [9.17, 15) is 4.79 Å². The van der Waals surface area contributed by atoms with Crippen molar-refractivity contribution in [2.24, 2.45) is 0 Å². The molecule has 1 aliphatic carbocycles. The van der Waals surface area contributed by atoms with Gasteiger partial charge in [0.05, 0.1) is 16.8 Å². The van der Waals surface area contributed by atoms with Gasteiger partial charge in [0.1, 0.15) is 0 Å². The van der Waals surface area contributed by atoms with Crippen LogP contribution in [0.15, 0.2) is 46.3 Å². The number of carbonyl (C=O) groups excluding carboxylic acids is 1. The van der Waals surface area contributed by atoms with Crippen LogP contribution in [0.25, 0.3) is 10.7 Å². The third-order valence-corrected chi connectivity index (χ3v) is 6.87. The normalized spacial score (nSPS) is 18.7. The van der Waals surface area contributed by atoms with Crippen molar-refractivity contribution in [1.82, 2.24) is 19.9 Å². The Morgan fingerprint density at radius 3 is 2.69 bits per heavy atom. The number of benzene rings is 1. The van der Waals surface area contributed by atoms with Crippen LogP contribution in [0, 0.1) is 0 Å². The zero-order valence-electron chi connectivity index (χ0n) is 15.9. The maximum Gasteiger partial charge on any atom is 0.241 e. The van der Waals surface area contributed by atoms with E-state index in [0.29, 0.717) is 36.4 Å². The second-order valence-corrected chi connectivity index (χ2v) is 9.03. The average molecular weight is 429 g/mol. The molecule has 3 heterocycles. The third kappa shape index (κ3) is 3.70. The number of hydrogen-bond donors (Lipinski definition) is 0. The SMILES string of the molecule is O=C(N1CCN(Cc2nc(-c3cccs3)no2)CC1)C1(c2cccc(Cl)c2)CC1. The first kappa shape index (κ1) is 18.8. The van der Waals surface area contributed by atoms with Gasteiger partial charge in [-0.15, -0.1) is 11.3 Å². The van der Waals surface area contributed by atoms with Gasteiger partial charge in [-0.05, 0) is 42.0 Å². The largest absolute Gasteiger partial charge is 0.339 e. The Balaban J connectivity index is 1.19. The summed E-state index contributed by atoms with van der Waals surface area (Å²) < 4.78 is 5.41. The monoisotopic (exact) mass is 428 g/mol. The van der Waals surface area contributed by atoms with E-state index in [1.54, 1.807) is 11.3 Å². The predicted octanol–water partition coefficient (Wildman–Crippen LogP) is 3.83. The molecular weight excluding hydrogens is 408 g/mol. The molecule has 3 aromatic rings. The van der Waals surface area contributed by atoms with Gasteiger partial charge >= 0.3 is 0 Å². The van der Waals surface area contributed by atoms with E-state index in [0.717, 1.165) is 36.4 Å². The van der Waals surface area contributed by atoms with Crippen molar-refractivity contribution in [3.8, 4) is 10.7 Å². The summed E-state index contributed by atoms with van der Waals surface area (Å²) in [5.74, 6) is 1.49. The molecule has 8 heteroatoms. The number of piperazine rings is 1. The van der Waals surface area contributed by atoms with Gasteiger partial charge < -0.3 is 9.42 Å². The van der Waals surface area contributed by atoms with E-state index in [1.165, 1.54) is 0 Å². The zero-order valence-corrected chi connectivity index (χ0v) is 17.5. The van der Waals surface area contributed by atoms with Gasteiger partial charge in [0.15, 0.2) is 0 Å². The van der Waals surface area contributed by atoms with E-state index in [1.807, 2.05) is 46.7 Å². The van der Waals surface area contributed by atoms with Crippen LogP contribution in [0.4, 0.5) is 0 Å². The fraction of sp³-hybridized carbons (Fsp3) is 0.381. The van der Waals surface area contributed by atoms with Gasteiger partial charge in [0.2, 0.25) is 17.6 Å². The van der Waals surface area contributed by atoms with Crippen LogP contribution in [0.2, 0.25) is 5.02 Å². The molecule has 1 amide bonds. The van der Waals surface area contributed by atoms with Crippen LogP contribution in [-0.2, 0) is 16.8 Å². The van der Waals surface area contributed by atoms with Crippen LogP contribution in [0.5, 0.6) is 0 Å². The van der Waals surface area contributed by atoms with Crippen molar-refractivity contribution in [2.75, 3.05) is 26.2 Å². The Kier molecular flexibility index (Phi) is 4.89. The molecule has 1 saturated carbocycles. The highest BCUT2D eigenvalue weighted by molar-refractivity contribution is 7.13. The lowest BCUT2D eigenvalue weighted by Gasteiger charge is -2.36. The van der Waals surface area contributed by atoms with Crippen molar-refractivity contribution in [2.45, 2.75) is 24.8 Å². The Labute approximate surface area is 178 Å². The van der Waals surface area contributed by atoms with E-state index in [4.69, 9.17) is 16.1 Å². The van der Waals surface area contributed by atoms with E-state index < -0.39 is 0 Å². The summed E-state index contributed by atoms with van der Waals surface area (Å²) >= 11 is 7.74. The molecule has 2 aromatic heterocycles. The Hall–Kier alpha value is -2.22. The summed E-state index contributed by atoms with van der Waals surface area (Å²) in [7, 11) is 0. The molecule has 1 saturated heterocycles. The van der Waals surface area contributed by atoms with Gasteiger partial charge in [0.25, 0.3) is 0 Å². The highest BCUT2D eigenvalue weighted by atomic mass is 35.5. The number of thiophene rings is 1. The van der Waals surface area contributed by atoms with Crippen molar-refractivity contribution < 1.29 is 9.32 Å². The molecule has 6 nitrogen and oxygen atoms in total. The van der Waals surface area contributed by atoms with E-state index in [-0.39, 0.29) is 11.3 Å². The van der Waals surface area contributed by atoms with Crippen LogP contribution in [0.1, 0.15) is 24.3 Å². The molecule has 0 N–H and O–H groups in total. The van der Waals surface area contributed by atoms with Gasteiger partial charge in [-0.2, -0.15) is 4.98 Å². The third-order valence-electron chi connectivity index (χ3n) is 5.76. The van der Waals surface area contributed by atoms with E-state index >= 15 is 0 Å². The molecule has 150 valence electrons. The molecular formula is C21H21ClN4O2S. The number of hydrogen-bond acceptors (Lipinski definition) is 6. The first-order chi connectivity index (χ1) is 14.1. The summed E-state index contributed by atoms with van der Waals surface area (Å²) in [6.45, 7) is 3.64. The minimum absolute atomic E-state index is 0.234. The smallest absolute Gasteiger partial charge is 0.241 e. The first-order valence-corrected chi connectivity index (χ1v) is 11.0. The molecule has 0 atom stereocenters. The number of halogens is 1. The standard InChI is InChI=1S/C21H21ClN4O2S/c22-16-4-1-3-15(13-16)21(6-7-21)20(27)26-10-8-25(9-11-26)14-18-23-19(24-28-18)17-5-2-12-29-17/h1-5,12-13H,6-11,14H2. The second-order valence-electron chi connectivity index (χ2n) is 7.65. The zero-order chi connectivity index (χ0) is 19.8. The molecule has 0 bridgehead atoms. The van der Waals surface area contributed by atoms with Crippen LogP contribution in [0.3, 0.4) is 0 Å². The molecule has 2 fully saturated rings. The quantitative estimate of drug-likeness (QED) is 0.618. The topological polar surface area (TPSA) is 62.5 Å². The number of aromatic nitrogens is 2. The molecule has 1 aliphatic heterocycles. The Morgan fingerprint density at radius 1 is 1.17 bits per heavy atom. The van der Waals surface area contributed by atoms with Crippen LogP contribution < -0.4 is 0 Å². The van der Waals surface area contributed by atoms with Gasteiger partial charge in [0, 0.05) is 31.2 Å². The molecule has 5 rings (SSSR count). The second kappa shape index (κ2) is 7.55. The van der Waals surface area contributed by atoms with Crippen molar-refractivity contribution in [3.05, 3.63) is 58.3 Å².